The molecular weight excluding hydrogens is 380 g/mol. The lowest BCUT2D eigenvalue weighted by atomic mass is 10.1. The van der Waals surface area contributed by atoms with Crippen LogP contribution in [0.4, 0.5) is 5.69 Å². The number of aryl methyl sites for hydroxylation is 4. The van der Waals surface area contributed by atoms with Crippen LogP contribution in [0.15, 0.2) is 58.3 Å². The van der Waals surface area contributed by atoms with Crippen molar-refractivity contribution >= 4 is 22.6 Å². The van der Waals surface area contributed by atoms with Crippen molar-refractivity contribution in [3.8, 4) is 5.69 Å². The smallest absolute Gasteiger partial charge is 0.333 e. The molecule has 0 aliphatic carbocycles. The molecule has 0 bridgehead atoms. The molecule has 0 aliphatic heterocycles. The maximum Gasteiger partial charge on any atom is 0.333 e. The minimum atomic E-state index is -0.595. The first-order valence-corrected chi connectivity index (χ1v) is 9.56. The number of rotatable bonds is 3. The second-order valence-corrected chi connectivity index (χ2v) is 7.54. The summed E-state index contributed by atoms with van der Waals surface area (Å²) in [5, 5.41) is 2.84. The minimum absolute atomic E-state index is 0.220. The van der Waals surface area contributed by atoms with Gasteiger partial charge < -0.3 is 14.9 Å². The molecule has 7 heteroatoms. The number of carbonyl (C=O) groups is 1. The first-order valence-electron chi connectivity index (χ1n) is 9.56. The molecule has 2 aromatic heterocycles. The van der Waals surface area contributed by atoms with E-state index in [1.165, 1.54) is 0 Å². The Hall–Kier alpha value is -3.87. The summed E-state index contributed by atoms with van der Waals surface area (Å²) in [4.78, 5) is 41.5. The van der Waals surface area contributed by atoms with Gasteiger partial charge in [0.05, 0.1) is 16.8 Å². The zero-order valence-electron chi connectivity index (χ0n) is 17.2. The lowest BCUT2D eigenvalue weighted by Crippen LogP contribution is -2.34. The predicted molar refractivity (Wildman–Crippen MR) is 118 cm³/mol. The van der Waals surface area contributed by atoms with E-state index in [1.54, 1.807) is 29.9 Å². The van der Waals surface area contributed by atoms with Gasteiger partial charge in [-0.3, -0.25) is 9.59 Å². The summed E-state index contributed by atoms with van der Waals surface area (Å²) in [6, 6.07) is 12.7. The van der Waals surface area contributed by atoms with Crippen molar-refractivity contribution in [3.05, 3.63) is 91.8 Å². The van der Waals surface area contributed by atoms with Crippen LogP contribution >= 0.6 is 0 Å². The highest BCUT2D eigenvalue weighted by Crippen LogP contribution is 2.19. The van der Waals surface area contributed by atoms with Crippen LogP contribution < -0.4 is 16.6 Å². The molecule has 0 saturated heterocycles. The molecule has 0 aliphatic rings. The molecule has 0 atom stereocenters. The highest BCUT2D eigenvalue weighted by molar-refractivity contribution is 6.11. The fourth-order valence-electron chi connectivity index (χ4n) is 3.49. The Kier molecular flexibility index (Phi) is 4.66. The number of aromatic amines is 1. The highest BCUT2D eigenvalue weighted by atomic mass is 16.2. The average molecular weight is 402 g/mol. The molecule has 4 rings (SSSR count). The van der Waals surface area contributed by atoms with Crippen molar-refractivity contribution in [2.45, 2.75) is 20.8 Å². The van der Waals surface area contributed by atoms with E-state index in [0.29, 0.717) is 11.4 Å². The quantitative estimate of drug-likeness (QED) is 0.552. The number of nitrogens with one attached hydrogen (secondary N) is 2. The molecule has 2 N–H and O–H groups in total. The molecule has 7 nitrogen and oxygen atoms in total. The Morgan fingerprint density at radius 2 is 1.67 bits per heavy atom. The number of anilines is 1. The molecular formula is C23H22N4O3. The number of amides is 1. The first-order chi connectivity index (χ1) is 14.3. The fraction of sp³-hybridized carbons (Fsp3) is 0.174. The second kappa shape index (κ2) is 7.18. The molecule has 0 unspecified atom stereocenters. The van der Waals surface area contributed by atoms with Crippen LogP contribution in [-0.4, -0.2) is 20.0 Å². The summed E-state index contributed by atoms with van der Waals surface area (Å²) in [5.74, 6) is -0.396. The van der Waals surface area contributed by atoms with Gasteiger partial charge in [0.2, 0.25) is 0 Å². The minimum Gasteiger partial charge on any atom is -0.344 e. The molecule has 2 heterocycles. The van der Waals surface area contributed by atoms with Gasteiger partial charge in [-0.2, -0.15) is 0 Å². The first kappa shape index (κ1) is 19.4. The van der Waals surface area contributed by atoms with Crippen LogP contribution in [0.2, 0.25) is 0 Å². The van der Waals surface area contributed by atoms with E-state index in [0.717, 1.165) is 21.3 Å². The maximum absolute atomic E-state index is 13.1. The van der Waals surface area contributed by atoms with Crippen molar-refractivity contribution in [3.63, 3.8) is 0 Å². The third-order valence-electron chi connectivity index (χ3n) is 5.32. The summed E-state index contributed by atoms with van der Waals surface area (Å²) in [7, 11) is 1.67. The molecule has 152 valence electrons. The fourth-order valence-corrected chi connectivity index (χ4v) is 3.49. The summed E-state index contributed by atoms with van der Waals surface area (Å²) in [5.41, 5.74) is 3.95. The van der Waals surface area contributed by atoms with Crippen LogP contribution in [0, 0.1) is 20.8 Å². The van der Waals surface area contributed by atoms with Crippen LogP contribution in [0.5, 0.6) is 0 Å². The molecule has 30 heavy (non-hydrogen) atoms. The van der Waals surface area contributed by atoms with Crippen LogP contribution in [0.1, 0.15) is 27.0 Å². The number of H-pyrrole nitrogens is 1. The highest BCUT2D eigenvalue weighted by Gasteiger charge is 2.20. The van der Waals surface area contributed by atoms with E-state index in [1.807, 2.05) is 51.1 Å². The number of benzene rings is 2. The molecule has 0 saturated carbocycles. The van der Waals surface area contributed by atoms with Gasteiger partial charge in [0.15, 0.2) is 0 Å². The number of hydrogen-bond donors (Lipinski definition) is 2. The van der Waals surface area contributed by atoms with Gasteiger partial charge in [-0.25, -0.2) is 9.36 Å². The zero-order chi connectivity index (χ0) is 21.6. The number of nitrogens with zero attached hydrogens (tertiary/aromatic N) is 2. The van der Waals surface area contributed by atoms with Crippen LogP contribution in [0.25, 0.3) is 16.7 Å². The summed E-state index contributed by atoms with van der Waals surface area (Å²) < 4.78 is 2.64. The van der Waals surface area contributed by atoms with E-state index in [9.17, 15) is 14.4 Å². The molecule has 0 fully saturated rings. The summed E-state index contributed by atoms with van der Waals surface area (Å²) in [6.45, 7) is 5.89. The van der Waals surface area contributed by atoms with Gasteiger partial charge in [-0.15, -0.1) is 0 Å². The lowest BCUT2D eigenvalue weighted by Gasteiger charge is -2.08. The van der Waals surface area contributed by atoms with Gasteiger partial charge in [-0.05, 0) is 56.2 Å². The number of hydrogen-bond acceptors (Lipinski definition) is 3. The van der Waals surface area contributed by atoms with E-state index in [4.69, 9.17) is 0 Å². The van der Waals surface area contributed by atoms with Gasteiger partial charge in [0.1, 0.15) is 5.52 Å². The van der Waals surface area contributed by atoms with Crippen LogP contribution in [0.3, 0.4) is 0 Å². The van der Waals surface area contributed by atoms with Gasteiger partial charge in [0, 0.05) is 18.9 Å². The largest absolute Gasteiger partial charge is 0.344 e. The van der Waals surface area contributed by atoms with Crippen molar-refractivity contribution in [1.29, 1.82) is 0 Å². The number of fused-ring (bicyclic) bond motifs is 1. The summed E-state index contributed by atoms with van der Waals surface area (Å²) in [6.07, 6.45) is 1.55. The van der Waals surface area contributed by atoms with Crippen molar-refractivity contribution in [2.75, 3.05) is 5.32 Å². The monoisotopic (exact) mass is 402 g/mol. The lowest BCUT2D eigenvalue weighted by molar-refractivity contribution is 0.102. The Bertz CT molecular complexity index is 1410. The van der Waals surface area contributed by atoms with E-state index >= 15 is 0 Å². The Morgan fingerprint density at radius 1 is 0.967 bits per heavy atom. The summed E-state index contributed by atoms with van der Waals surface area (Å²) >= 11 is 0. The van der Waals surface area contributed by atoms with Crippen molar-refractivity contribution in [2.24, 2.45) is 7.05 Å². The van der Waals surface area contributed by atoms with Crippen molar-refractivity contribution < 1.29 is 4.79 Å². The van der Waals surface area contributed by atoms with E-state index in [-0.39, 0.29) is 16.6 Å². The van der Waals surface area contributed by atoms with E-state index < -0.39 is 17.2 Å². The topological polar surface area (TPSA) is 88.9 Å². The second-order valence-electron chi connectivity index (χ2n) is 7.54. The van der Waals surface area contributed by atoms with Gasteiger partial charge in [0.25, 0.3) is 11.5 Å². The third-order valence-corrected chi connectivity index (χ3v) is 5.32. The molecule has 0 spiro atoms. The van der Waals surface area contributed by atoms with Crippen molar-refractivity contribution in [1.82, 2.24) is 14.1 Å². The molecule has 0 radical (unpaired) electrons. The normalized spacial score (nSPS) is 11.1. The van der Waals surface area contributed by atoms with Gasteiger partial charge in [-0.1, -0.05) is 23.8 Å². The number of aromatic nitrogens is 3. The predicted octanol–water partition coefficient (Wildman–Crippen LogP) is 3.20. The van der Waals surface area contributed by atoms with Gasteiger partial charge >= 0.3 is 5.69 Å². The molecule has 1 amide bonds. The van der Waals surface area contributed by atoms with E-state index in [2.05, 4.69) is 10.3 Å². The zero-order valence-corrected chi connectivity index (χ0v) is 17.2. The standard InChI is InChI=1S/C23H22N4O3/c1-13-5-9-17(10-6-13)27-22(29)20-19(25-23(27)30)18(12-26(20)4)21(28)24-16-8-7-14(2)15(3)11-16/h5-12H,1-4H3,(H,24,28)(H,25,30). The third kappa shape index (κ3) is 3.24. The SMILES string of the molecule is Cc1ccc(-n2c(=O)[nH]c3c(C(=O)Nc4ccc(C)c(C)c4)cn(C)c3c2=O)cc1. The molecule has 2 aromatic carbocycles. The Balaban J connectivity index is 1.82. The maximum atomic E-state index is 13.1. The average Bonchev–Trinajstić information content (AvgIpc) is 3.02. The van der Waals surface area contributed by atoms with Crippen LogP contribution in [-0.2, 0) is 7.05 Å². The Morgan fingerprint density at radius 3 is 2.33 bits per heavy atom. The number of carbonyl (C=O) groups excluding carboxylic acids is 1. The Labute approximate surface area is 172 Å². The molecule has 4 aromatic rings.